The number of anilines is 1. The summed E-state index contributed by atoms with van der Waals surface area (Å²) in [5.41, 5.74) is 0.297. The number of benzene rings is 2. The zero-order chi connectivity index (χ0) is 41.3. The van der Waals surface area contributed by atoms with E-state index in [1.807, 2.05) is 11.0 Å². The molecule has 1 saturated carbocycles. The SMILES string of the molecule is C=CC(=O)N1CCCC[C@](O)(S(=O)(=O)c2ccc(N3CC(CN4CCC(C(CN5CCC5)(c5cccc(F)c5)[C@H]5CCC[C@@H]5NC(=O)OC)CC4)(OC)C3)c(F)c2)C1. The fourth-order valence-electron chi connectivity index (χ4n) is 10.7. The van der Waals surface area contributed by atoms with Crippen molar-refractivity contribution < 1.29 is 41.4 Å². The van der Waals surface area contributed by atoms with Crippen LogP contribution in [0.3, 0.4) is 0 Å². The Labute approximate surface area is 341 Å². The minimum absolute atomic E-state index is 0.0721. The first-order valence-corrected chi connectivity index (χ1v) is 22.3. The van der Waals surface area contributed by atoms with Crippen LogP contribution in [0.15, 0.2) is 60.0 Å². The molecule has 4 heterocycles. The van der Waals surface area contributed by atoms with Crippen LogP contribution in [0, 0.1) is 23.5 Å². The van der Waals surface area contributed by atoms with Gasteiger partial charge in [-0.2, -0.15) is 0 Å². The molecule has 15 heteroatoms. The Kier molecular flexibility index (Phi) is 12.6. The predicted octanol–water partition coefficient (Wildman–Crippen LogP) is 4.71. The second-order valence-electron chi connectivity index (χ2n) is 17.2. The molecule has 0 bridgehead atoms. The number of aliphatic hydroxyl groups is 1. The third kappa shape index (κ3) is 8.13. The number of halogens is 2. The Morgan fingerprint density at radius 2 is 1.71 bits per heavy atom. The summed E-state index contributed by atoms with van der Waals surface area (Å²) in [6.07, 6.45) is 7.16. The van der Waals surface area contributed by atoms with Gasteiger partial charge in [0.15, 0.2) is 4.93 Å². The molecule has 2 aromatic carbocycles. The van der Waals surface area contributed by atoms with Gasteiger partial charge in [0.25, 0.3) is 0 Å². The summed E-state index contributed by atoms with van der Waals surface area (Å²) in [5, 5.41) is 14.6. The molecule has 0 aromatic heterocycles. The number of sulfone groups is 1. The third-order valence-corrected chi connectivity index (χ3v) is 16.1. The summed E-state index contributed by atoms with van der Waals surface area (Å²) in [5.74, 6) is -1.10. The van der Waals surface area contributed by atoms with Gasteiger partial charge in [-0.25, -0.2) is 22.0 Å². The largest absolute Gasteiger partial charge is 0.453 e. The van der Waals surface area contributed by atoms with Crippen LogP contribution < -0.4 is 10.2 Å². The first-order chi connectivity index (χ1) is 27.8. The number of alkyl carbamates (subject to hydrolysis) is 1. The number of nitrogens with one attached hydrogen (secondary N) is 1. The smallest absolute Gasteiger partial charge is 0.407 e. The van der Waals surface area contributed by atoms with Crippen LogP contribution in [-0.2, 0) is 29.5 Å². The van der Waals surface area contributed by atoms with E-state index >= 15 is 8.78 Å². The first kappa shape index (κ1) is 42.5. The lowest BCUT2D eigenvalue weighted by Gasteiger charge is -2.55. The number of amides is 2. The predicted molar refractivity (Wildman–Crippen MR) is 216 cm³/mol. The molecule has 4 saturated heterocycles. The number of nitrogens with zero attached hydrogens (tertiary/aromatic N) is 4. The lowest BCUT2D eigenvalue weighted by atomic mass is 9.57. The standard InChI is InChI=1S/C43H59F2N5O7S/c1-4-39(51)49-21-6-5-18-42(53,29-49)58(54,55)34-14-15-38(36(45)25-34)50-27-41(28-50,57-3)26-48-22-16-31(17-23-48)43(30-47-19-9-20-47,32-10-7-11-33(44)24-32)35-12-8-13-37(35)46-40(52)56-2/h4,7,10-11,14-15,24-25,31,35,37,53H,1,5-6,8-9,12-13,16-23,26-30H2,2-3H3,(H,46,52)/t35-,37-,42-,43?/m0/s1. The van der Waals surface area contributed by atoms with Gasteiger partial charge < -0.3 is 39.5 Å². The zero-order valence-corrected chi connectivity index (χ0v) is 34.7. The van der Waals surface area contributed by atoms with Crippen molar-refractivity contribution in [1.82, 2.24) is 20.0 Å². The molecule has 2 aromatic rings. The highest BCUT2D eigenvalue weighted by molar-refractivity contribution is 7.92. The molecular formula is C43H59F2N5O7S. The van der Waals surface area contributed by atoms with Crippen LogP contribution in [0.25, 0.3) is 0 Å². The number of likely N-dealkylation sites (tertiary alicyclic amines) is 3. The molecule has 4 aliphatic heterocycles. The van der Waals surface area contributed by atoms with Crippen molar-refractivity contribution in [3.63, 3.8) is 0 Å². The maximum absolute atomic E-state index is 15.8. The monoisotopic (exact) mass is 827 g/mol. The van der Waals surface area contributed by atoms with Crippen LogP contribution in [-0.4, -0.2) is 136 Å². The molecule has 1 aliphatic carbocycles. The molecule has 318 valence electrons. The highest BCUT2D eigenvalue weighted by atomic mass is 32.2. The van der Waals surface area contributed by atoms with Gasteiger partial charge in [0.1, 0.15) is 17.2 Å². The Hall–Kier alpha value is -3.63. The number of carbonyl (C=O) groups excluding carboxylic acids is 2. The van der Waals surface area contributed by atoms with Crippen molar-refractivity contribution in [2.24, 2.45) is 11.8 Å². The highest BCUT2D eigenvalue weighted by Crippen LogP contribution is 2.52. The Morgan fingerprint density at radius 1 is 0.948 bits per heavy atom. The van der Waals surface area contributed by atoms with E-state index in [0.717, 1.165) is 89.0 Å². The number of β-amino-alcohol motifs (C(OH)–C–C–N with tert-alkyl or cyclic N) is 1. The third-order valence-electron chi connectivity index (χ3n) is 13.9. The van der Waals surface area contributed by atoms with Gasteiger partial charge >= 0.3 is 6.09 Å². The summed E-state index contributed by atoms with van der Waals surface area (Å²) < 4.78 is 69.5. The number of rotatable bonds is 13. The van der Waals surface area contributed by atoms with E-state index in [-0.39, 0.29) is 46.1 Å². The second-order valence-corrected chi connectivity index (χ2v) is 19.5. The lowest BCUT2D eigenvalue weighted by Crippen LogP contribution is -2.68. The number of ether oxygens (including phenoxy) is 2. The van der Waals surface area contributed by atoms with E-state index in [4.69, 9.17) is 9.47 Å². The van der Waals surface area contributed by atoms with E-state index in [0.29, 0.717) is 39.0 Å². The van der Waals surface area contributed by atoms with Crippen LogP contribution in [0.4, 0.5) is 19.3 Å². The Balaban J connectivity index is 1.04. The average molecular weight is 828 g/mol. The van der Waals surface area contributed by atoms with Crippen molar-refractivity contribution in [2.75, 3.05) is 84.6 Å². The summed E-state index contributed by atoms with van der Waals surface area (Å²) in [6, 6.07) is 10.7. The molecule has 2 amide bonds. The normalized spacial score (nSPS) is 26.8. The summed E-state index contributed by atoms with van der Waals surface area (Å²) >= 11 is 0. The van der Waals surface area contributed by atoms with Crippen molar-refractivity contribution >= 4 is 27.5 Å². The van der Waals surface area contributed by atoms with E-state index in [1.54, 1.807) is 13.2 Å². The molecule has 5 fully saturated rings. The zero-order valence-electron chi connectivity index (χ0n) is 33.8. The summed E-state index contributed by atoms with van der Waals surface area (Å²) in [4.78, 5) is 30.3. The van der Waals surface area contributed by atoms with Crippen LogP contribution in [0.1, 0.15) is 63.4 Å². The van der Waals surface area contributed by atoms with Gasteiger partial charge in [0.05, 0.1) is 37.3 Å². The van der Waals surface area contributed by atoms with Gasteiger partial charge in [-0.05, 0) is 131 Å². The molecular weight excluding hydrogens is 769 g/mol. The summed E-state index contributed by atoms with van der Waals surface area (Å²) in [6.45, 7) is 9.21. The molecule has 4 atom stereocenters. The van der Waals surface area contributed by atoms with Crippen molar-refractivity contribution in [2.45, 2.75) is 84.7 Å². The molecule has 1 unspecified atom stereocenters. The molecule has 12 nitrogen and oxygen atoms in total. The minimum Gasteiger partial charge on any atom is -0.453 e. The van der Waals surface area contributed by atoms with Gasteiger partial charge in [-0.15, -0.1) is 0 Å². The number of piperidine rings is 1. The van der Waals surface area contributed by atoms with E-state index in [1.165, 1.54) is 30.2 Å². The van der Waals surface area contributed by atoms with Crippen molar-refractivity contribution in [1.29, 1.82) is 0 Å². The number of hydrogen-bond acceptors (Lipinski definition) is 10. The average Bonchev–Trinajstić information content (AvgIpc) is 3.54. The van der Waals surface area contributed by atoms with E-state index in [9.17, 15) is 23.1 Å². The maximum atomic E-state index is 15.8. The Bertz CT molecular complexity index is 1940. The second kappa shape index (κ2) is 17.2. The fourth-order valence-corrected chi connectivity index (χ4v) is 12.4. The summed E-state index contributed by atoms with van der Waals surface area (Å²) in [7, 11) is -1.37. The highest BCUT2D eigenvalue weighted by Gasteiger charge is 2.54. The molecule has 2 N–H and O–H groups in total. The maximum Gasteiger partial charge on any atom is 0.407 e. The molecule has 0 radical (unpaired) electrons. The number of hydrogen-bond donors (Lipinski definition) is 2. The van der Waals surface area contributed by atoms with Crippen LogP contribution >= 0.6 is 0 Å². The minimum atomic E-state index is -4.42. The van der Waals surface area contributed by atoms with Crippen LogP contribution in [0.5, 0.6) is 0 Å². The fraction of sp³-hybridized carbons (Fsp3) is 0.628. The van der Waals surface area contributed by atoms with Crippen molar-refractivity contribution in [3.05, 3.63) is 72.3 Å². The quantitative estimate of drug-likeness (QED) is 0.274. The van der Waals surface area contributed by atoms with Gasteiger partial charge in [-0.3, -0.25) is 4.79 Å². The van der Waals surface area contributed by atoms with Crippen molar-refractivity contribution in [3.8, 4) is 0 Å². The van der Waals surface area contributed by atoms with Gasteiger partial charge in [0.2, 0.25) is 15.7 Å². The topological polar surface area (TPSA) is 132 Å². The molecule has 58 heavy (non-hydrogen) atoms. The molecule has 5 aliphatic rings. The first-order valence-electron chi connectivity index (χ1n) is 20.8. The molecule has 7 rings (SSSR count). The number of methoxy groups -OCH3 is 2. The van der Waals surface area contributed by atoms with E-state index in [2.05, 4.69) is 27.8 Å². The Morgan fingerprint density at radius 3 is 2.34 bits per heavy atom. The molecule has 0 spiro atoms. The van der Waals surface area contributed by atoms with Gasteiger partial charge in [-0.1, -0.05) is 25.1 Å². The lowest BCUT2D eigenvalue weighted by molar-refractivity contribution is -0.127. The van der Waals surface area contributed by atoms with Gasteiger partial charge in [0, 0.05) is 38.2 Å². The van der Waals surface area contributed by atoms with Crippen LogP contribution in [0.2, 0.25) is 0 Å². The van der Waals surface area contributed by atoms with E-state index < -0.39 is 44.7 Å². The number of carbonyl (C=O) groups is 2.